The summed E-state index contributed by atoms with van der Waals surface area (Å²) in [6.45, 7) is 2.82. The van der Waals surface area contributed by atoms with Crippen molar-refractivity contribution < 1.29 is 9.47 Å². The molecule has 0 amide bonds. The Balaban J connectivity index is 1.92. The summed E-state index contributed by atoms with van der Waals surface area (Å²) < 4.78 is 10.3. The largest absolute Gasteiger partial charge is 0.384 e. The molecule has 2 aromatic rings. The summed E-state index contributed by atoms with van der Waals surface area (Å²) in [5.74, 6) is 0. The highest BCUT2D eigenvalue weighted by molar-refractivity contribution is 5.97. The summed E-state index contributed by atoms with van der Waals surface area (Å²) in [6.07, 6.45) is 0.929. The van der Waals surface area contributed by atoms with Crippen LogP contribution >= 0.6 is 0 Å². The van der Waals surface area contributed by atoms with E-state index in [1.165, 1.54) is 0 Å². The van der Waals surface area contributed by atoms with Crippen LogP contribution in [-0.2, 0) is 9.47 Å². The van der Waals surface area contributed by atoms with Gasteiger partial charge in [0.05, 0.1) is 24.8 Å². The first kappa shape index (κ1) is 15.3. The molecule has 0 radical (unpaired) electrons. The van der Waals surface area contributed by atoms with Gasteiger partial charge >= 0.3 is 0 Å². The number of nitrogens with zero attached hydrogens (tertiary/aromatic N) is 1. The Kier molecular flexibility index (Phi) is 6.01. The van der Waals surface area contributed by atoms with Crippen molar-refractivity contribution in [1.29, 1.82) is 5.26 Å². The summed E-state index contributed by atoms with van der Waals surface area (Å²) in [4.78, 5) is 0. The summed E-state index contributed by atoms with van der Waals surface area (Å²) in [5, 5.41) is 14.6. The fourth-order valence-electron chi connectivity index (χ4n) is 2.19. The molecule has 0 aromatic heterocycles. The van der Waals surface area contributed by atoms with Crippen LogP contribution in [0.1, 0.15) is 12.0 Å². The van der Waals surface area contributed by atoms with E-state index in [1.807, 2.05) is 36.4 Å². The van der Waals surface area contributed by atoms with Gasteiger partial charge in [0.2, 0.25) is 0 Å². The second-order valence-corrected chi connectivity index (χ2v) is 4.70. The number of nitrogens with one attached hydrogen (secondary N) is 1. The highest BCUT2D eigenvalue weighted by Gasteiger charge is 2.04. The van der Waals surface area contributed by atoms with Gasteiger partial charge in [-0.2, -0.15) is 5.26 Å². The van der Waals surface area contributed by atoms with E-state index in [0.717, 1.165) is 29.4 Å². The Labute approximate surface area is 125 Å². The number of fused-ring (bicyclic) bond motifs is 1. The number of nitriles is 1. The van der Waals surface area contributed by atoms with Crippen LogP contribution in [0.5, 0.6) is 0 Å². The fraction of sp³-hybridized carbons (Fsp3) is 0.353. The highest BCUT2D eigenvalue weighted by Crippen LogP contribution is 2.26. The number of benzene rings is 2. The van der Waals surface area contributed by atoms with Crippen molar-refractivity contribution in [2.24, 2.45) is 0 Å². The third kappa shape index (κ3) is 4.19. The van der Waals surface area contributed by atoms with Gasteiger partial charge in [0.15, 0.2) is 0 Å². The van der Waals surface area contributed by atoms with Gasteiger partial charge in [-0.05, 0) is 18.6 Å². The Morgan fingerprint density at radius 3 is 2.62 bits per heavy atom. The van der Waals surface area contributed by atoms with Gasteiger partial charge in [-0.3, -0.25) is 0 Å². The average molecular weight is 284 g/mol. The normalized spacial score (nSPS) is 10.5. The Morgan fingerprint density at radius 1 is 1.05 bits per heavy atom. The van der Waals surface area contributed by atoms with E-state index in [0.29, 0.717) is 25.4 Å². The molecule has 0 atom stereocenters. The molecule has 1 N–H and O–H groups in total. The smallest absolute Gasteiger partial charge is 0.0998 e. The molecule has 110 valence electrons. The topological polar surface area (TPSA) is 54.3 Å². The van der Waals surface area contributed by atoms with Crippen LogP contribution in [0.2, 0.25) is 0 Å². The molecule has 0 spiro atoms. The molecule has 0 aliphatic carbocycles. The molecule has 0 saturated carbocycles. The van der Waals surface area contributed by atoms with Crippen LogP contribution in [0.4, 0.5) is 5.69 Å². The molecule has 0 bridgehead atoms. The lowest BCUT2D eigenvalue weighted by molar-refractivity contribution is 0.0705. The maximum Gasteiger partial charge on any atom is 0.0998 e. The Bertz CT molecular complexity index is 620. The van der Waals surface area contributed by atoms with Crippen LogP contribution in [0.25, 0.3) is 10.8 Å². The molecule has 0 aliphatic rings. The van der Waals surface area contributed by atoms with E-state index in [2.05, 4.69) is 11.4 Å². The van der Waals surface area contributed by atoms with Crippen LogP contribution in [0.15, 0.2) is 36.4 Å². The minimum Gasteiger partial charge on any atom is -0.384 e. The minimum absolute atomic E-state index is 0.633. The maximum absolute atomic E-state index is 9.15. The molecular weight excluding hydrogens is 264 g/mol. The van der Waals surface area contributed by atoms with Crippen LogP contribution < -0.4 is 5.32 Å². The van der Waals surface area contributed by atoms with Crippen molar-refractivity contribution in [3.63, 3.8) is 0 Å². The van der Waals surface area contributed by atoms with Crippen molar-refractivity contribution in [1.82, 2.24) is 0 Å². The molecule has 0 unspecified atom stereocenters. The lowest BCUT2D eigenvalue weighted by Crippen LogP contribution is -2.08. The predicted molar refractivity (Wildman–Crippen MR) is 84.5 cm³/mol. The van der Waals surface area contributed by atoms with Gasteiger partial charge in [-0.15, -0.1) is 0 Å². The standard InChI is InChI=1S/C17H20N2O2/c1-20-11-12-21-10-4-9-19-17-8-7-14(13-18)15-5-2-3-6-16(15)17/h2-3,5-8,19H,4,9-12H2,1H3. The first-order chi connectivity index (χ1) is 10.4. The summed E-state index contributed by atoms with van der Waals surface area (Å²) in [7, 11) is 1.67. The molecule has 0 fully saturated rings. The first-order valence-corrected chi connectivity index (χ1v) is 7.09. The molecular formula is C17H20N2O2. The third-order valence-corrected chi connectivity index (χ3v) is 3.26. The molecule has 2 aromatic carbocycles. The quantitative estimate of drug-likeness (QED) is 0.756. The zero-order valence-corrected chi connectivity index (χ0v) is 12.3. The van der Waals surface area contributed by atoms with Crippen molar-refractivity contribution >= 4 is 16.5 Å². The molecule has 4 heteroatoms. The predicted octanol–water partition coefficient (Wildman–Crippen LogP) is 3.18. The first-order valence-electron chi connectivity index (χ1n) is 7.09. The zero-order valence-electron chi connectivity index (χ0n) is 12.3. The minimum atomic E-state index is 0.633. The lowest BCUT2D eigenvalue weighted by atomic mass is 10.0. The van der Waals surface area contributed by atoms with E-state index in [9.17, 15) is 0 Å². The number of methoxy groups -OCH3 is 1. The van der Waals surface area contributed by atoms with Crippen molar-refractivity contribution in [3.8, 4) is 6.07 Å². The zero-order chi connectivity index (χ0) is 14.9. The van der Waals surface area contributed by atoms with Crippen molar-refractivity contribution in [2.75, 3.05) is 38.8 Å². The third-order valence-electron chi connectivity index (χ3n) is 3.26. The number of rotatable bonds is 8. The second kappa shape index (κ2) is 8.25. The molecule has 2 rings (SSSR count). The van der Waals surface area contributed by atoms with E-state index in [-0.39, 0.29) is 0 Å². The van der Waals surface area contributed by atoms with Gasteiger partial charge in [-0.1, -0.05) is 24.3 Å². The number of hydrogen-bond donors (Lipinski definition) is 1. The van der Waals surface area contributed by atoms with Gasteiger partial charge in [0.1, 0.15) is 0 Å². The van der Waals surface area contributed by atoms with Crippen molar-refractivity contribution in [3.05, 3.63) is 42.0 Å². The van der Waals surface area contributed by atoms with Crippen molar-refractivity contribution in [2.45, 2.75) is 6.42 Å². The molecule has 4 nitrogen and oxygen atoms in total. The molecule has 0 heterocycles. The van der Waals surface area contributed by atoms with Crippen LogP contribution in [0, 0.1) is 11.3 Å². The highest BCUT2D eigenvalue weighted by atomic mass is 16.5. The average Bonchev–Trinajstić information content (AvgIpc) is 2.54. The van der Waals surface area contributed by atoms with Gasteiger partial charge in [0, 0.05) is 36.7 Å². The summed E-state index contributed by atoms with van der Waals surface area (Å²) in [5.41, 5.74) is 1.76. The van der Waals surface area contributed by atoms with Gasteiger partial charge < -0.3 is 14.8 Å². The Morgan fingerprint density at radius 2 is 1.86 bits per heavy atom. The molecule has 0 saturated heterocycles. The SMILES string of the molecule is COCCOCCCNc1ccc(C#N)c2ccccc12. The maximum atomic E-state index is 9.15. The Hall–Kier alpha value is -2.09. The van der Waals surface area contributed by atoms with Gasteiger partial charge in [0.25, 0.3) is 0 Å². The molecule has 21 heavy (non-hydrogen) atoms. The monoisotopic (exact) mass is 284 g/mol. The van der Waals surface area contributed by atoms with E-state index in [1.54, 1.807) is 7.11 Å². The summed E-state index contributed by atoms with van der Waals surface area (Å²) >= 11 is 0. The molecule has 0 aliphatic heterocycles. The van der Waals surface area contributed by atoms with E-state index >= 15 is 0 Å². The van der Waals surface area contributed by atoms with E-state index < -0.39 is 0 Å². The van der Waals surface area contributed by atoms with Gasteiger partial charge in [-0.25, -0.2) is 0 Å². The lowest BCUT2D eigenvalue weighted by Gasteiger charge is -2.11. The number of ether oxygens (including phenoxy) is 2. The summed E-state index contributed by atoms with van der Waals surface area (Å²) in [6, 6.07) is 14.0. The fourth-order valence-corrected chi connectivity index (χ4v) is 2.19. The van der Waals surface area contributed by atoms with E-state index in [4.69, 9.17) is 14.7 Å². The van der Waals surface area contributed by atoms with Crippen LogP contribution in [0.3, 0.4) is 0 Å². The van der Waals surface area contributed by atoms with Crippen LogP contribution in [-0.4, -0.2) is 33.5 Å². The second-order valence-electron chi connectivity index (χ2n) is 4.70. The number of hydrogen-bond acceptors (Lipinski definition) is 4. The number of anilines is 1.